The van der Waals surface area contributed by atoms with Crippen molar-refractivity contribution in [1.82, 2.24) is 15.1 Å². The number of ether oxygens (including phenoxy) is 2. The molecule has 1 N–H and O–H groups in total. The third-order valence-electron chi connectivity index (χ3n) is 3.91. The van der Waals surface area contributed by atoms with Gasteiger partial charge in [0.25, 0.3) is 0 Å². The van der Waals surface area contributed by atoms with Gasteiger partial charge in [0.2, 0.25) is 0 Å². The van der Waals surface area contributed by atoms with Crippen molar-refractivity contribution >= 4 is 0 Å². The Morgan fingerprint density at radius 1 is 1.40 bits per heavy atom. The van der Waals surface area contributed by atoms with Crippen LogP contribution in [0.2, 0.25) is 0 Å². The van der Waals surface area contributed by atoms with E-state index in [-0.39, 0.29) is 0 Å². The molecule has 1 fully saturated rings. The molecule has 0 spiro atoms. The summed E-state index contributed by atoms with van der Waals surface area (Å²) in [5, 5.41) is 8.29. The maximum absolute atomic E-state index is 5.51. The monoisotopic (exact) mass is 281 g/mol. The van der Waals surface area contributed by atoms with E-state index in [0.29, 0.717) is 6.04 Å². The van der Waals surface area contributed by atoms with E-state index in [1.165, 1.54) is 17.0 Å². The van der Waals surface area contributed by atoms with Crippen molar-refractivity contribution in [3.05, 3.63) is 17.0 Å². The molecule has 0 aromatic carbocycles. The van der Waals surface area contributed by atoms with Crippen molar-refractivity contribution in [3.63, 3.8) is 0 Å². The summed E-state index contributed by atoms with van der Waals surface area (Å²) in [5.74, 6) is 0. The molecule has 114 valence electrons. The van der Waals surface area contributed by atoms with Gasteiger partial charge in [-0.1, -0.05) is 13.8 Å². The highest BCUT2D eigenvalue weighted by atomic mass is 16.5. The van der Waals surface area contributed by atoms with Crippen molar-refractivity contribution < 1.29 is 9.47 Å². The predicted molar refractivity (Wildman–Crippen MR) is 79.0 cm³/mol. The summed E-state index contributed by atoms with van der Waals surface area (Å²) in [6, 6.07) is 0.419. The number of nitrogens with one attached hydrogen (secondary N) is 1. The molecule has 0 bridgehead atoms. The fourth-order valence-electron chi connectivity index (χ4n) is 2.82. The topological polar surface area (TPSA) is 48.3 Å². The van der Waals surface area contributed by atoms with Gasteiger partial charge in [-0.2, -0.15) is 5.10 Å². The zero-order chi connectivity index (χ0) is 14.4. The van der Waals surface area contributed by atoms with Crippen LogP contribution in [-0.2, 0) is 28.9 Å². The Morgan fingerprint density at radius 3 is 2.85 bits per heavy atom. The zero-order valence-electron chi connectivity index (χ0n) is 12.9. The Hall–Kier alpha value is -0.910. The number of aryl methyl sites for hydroxylation is 1. The van der Waals surface area contributed by atoms with Gasteiger partial charge in [-0.25, -0.2) is 0 Å². The summed E-state index contributed by atoms with van der Waals surface area (Å²) in [6.45, 7) is 8.54. The molecule has 1 aromatic heterocycles. The molecule has 0 radical (unpaired) electrons. The van der Waals surface area contributed by atoms with E-state index in [0.717, 1.165) is 52.2 Å². The van der Waals surface area contributed by atoms with Crippen molar-refractivity contribution in [3.8, 4) is 0 Å². The minimum Gasteiger partial charge on any atom is -0.383 e. The Balaban J connectivity index is 2.15. The number of methoxy groups -OCH3 is 1. The van der Waals surface area contributed by atoms with Gasteiger partial charge < -0.3 is 14.8 Å². The lowest BCUT2D eigenvalue weighted by atomic mass is 10.1. The van der Waals surface area contributed by atoms with Gasteiger partial charge in [-0.15, -0.1) is 0 Å². The highest BCUT2D eigenvalue weighted by Crippen LogP contribution is 2.25. The van der Waals surface area contributed by atoms with Crippen molar-refractivity contribution in [2.75, 3.05) is 33.5 Å². The lowest BCUT2D eigenvalue weighted by Crippen LogP contribution is -2.20. The molecule has 0 amide bonds. The summed E-state index contributed by atoms with van der Waals surface area (Å²) in [4.78, 5) is 0. The highest BCUT2D eigenvalue weighted by Gasteiger charge is 2.24. The average Bonchev–Trinajstić information content (AvgIpc) is 3.10. The standard InChI is InChI=1S/C15H27N3O2/c1-4-14-13(10-16-7-9-19-3)15(5-2)18(17-14)12-6-8-20-11-12/h12,16H,4-11H2,1-3H3. The molecule has 2 rings (SSSR count). The molecule has 1 aliphatic heterocycles. The molecular weight excluding hydrogens is 254 g/mol. The van der Waals surface area contributed by atoms with E-state index < -0.39 is 0 Å². The van der Waals surface area contributed by atoms with E-state index in [1.807, 2.05) is 0 Å². The van der Waals surface area contributed by atoms with Crippen molar-refractivity contribution in [2.45, 2.75) is 45.7 Å². The van der Waals surface area contributed by atoms with Crippen LogP contribution in [0.5, 0.6) is 0 Å². The third kappa shape index (κ3) is 3.40. The Kier molecular flexibility index (Phi) is 6.01. The average molecular weight is 281 g/mol. The van der Waals surface area contributed by atoms with Crippen LogP contribution in [0, 0.1) is 0 Å². The predicted octanol–water partition coefficient (Wildman–Crippen LogP) is 1.71. The van der Waals surface area contributed by atoms with Gasteiger partial charge >= 0.3 is 0 Å². The third-order valence-corrected chi connectivity index (χ3v) is 3.91. The van der Waals surface area contributed by atoms with Crippen molar-refractivity contribution in [1.29, 1.82) is 0 Å². The number of aromatic nitrogens is 2. The quantitative estimate of drug-likeness (QED) is 0.737. The van der Waals surface area contributed by atoms with E-state index in [9.17, 15) is 0 Å². The normalized spacial score (nSPS) is 18.9. The Bertz CT molecular complexity index is 411. The van der Waals surface area contributed by atoms with Gasteiger partial charge in [0.1, 0.15) is 0 Å². The minimum atomic E-state index is 0.419. The molecular formula is C15H27N3O2. The molecule has 1 aliphatic rings. The van der Waals surface area contributed by atoms with Crippen LogP contribution in [-0.4, -0.2) is 43.3 Å². The zero-order valence-corrected chi connectivity index (χ0v) is 12.9. The van der Waals surface area contributed by atoms with Crippen LogP contribution in [0.25, 0.3) is 0 Å². The van der Waals surface area contributed by atoms with Gasteiger partial charge in [0.15, 0.2) is 0 Å². The van der Waals surface area contributed by atoms with Crippen LogP contribution < -0.4 is 5.32 Å². The first-order chi connectivity index (χ1) is 9.81. The SMILES string of the molecule is CCc1nn(C2CCOC2)c(CC)c1CNCCOC. The fourth-order valence-corrected chi connectivity index (χ4v) is 2.82. The fraction of sp³-hybridized carbons (Fsp3) is 0.800. The second-order valence-electron chi connectivity index (χ2n) is 5.21. The first-order valence-corrected chi connectivity index (χ1v) is 7.68. The minimum absolute atomic E-state index is 0.419. The summed E-state index contributed by atoms with van der Waals surface area (Å²) in [5.41, 5.74) is 3.96. The summed E-state index contributed by atoms with van der Waals surface area (Å²) in [7, 11) is 1.73. The van der Waals surface area contributed by atoms with Crippen LogP contribution in [0.4, 0.5) is 0 Å². The number of hydrogen-bond acceptors (Lipinski definition) is 4. The van der Waals surface area contributed by atoms with E-state index in [2.05, 4.69) is 23.8 Å². The number of nitrogens with zero attached hydrogens (tertiary/aromatic N) is 2. The largest absolute Gasteiger partial charge is 0.383 e. The molecule has 1 unspecified atom stereocenters. The number of rotatable bonds is 8. The highest BCUT2D eigenvalue weighted by molar-refractivity contribution is 5.27. The van der Waals surface area contributed by atoms with Crippen LogP contribution in [0.3, 0.4) is 0 Å². The van der Waals surface area contributed by atoms with Crippen LogP contribution in [0.1, 0.15) is 43.3 Å². The summed E-state index contributed by atoms with van der Waals surface area (Å²) >= 11 is 0. The van der Waals surface area contributed by atoms with Gasteiger partial charge in [-0.05, 0) is 19.3 Å². The summed E-state index contributed by atoms with van der Waals surface area (Å²) in [6.07, 6.45) is 3.08. The first kappa shape index (κ1) is 15.5. The van der Waals surface area contributed by atoms with Crippen LogP contribution in [0.15, 0.2) is 0 Å². The number of hydrogen-bond donors (Lipinski definition) is 1. The Morgan fingerprint density at radius 2 is 2.25 bits per heavy atom. The van der Waals surface area contributed by atoms with E-state index in [4.69, 9.17) is 14.6 Å². The summed E-state index contributed by atoms with van der Waals surface area (Å²) < 4.78 is 12.8. The molecule has 5 nitrogen and oxygen atoms in total. The maximum Gasteiger partial charge on any atom is 0.0777 e. The Labute approximate surface area is 121 Å². The first-order valence-electron chi connectivity index (χ1n) is 7.68. The van der Waals surface area contributed by atoms with Crippen molar-refractivity contribution in [2.24, 2.45) is 0 Å². The molecule has 5 heteroatoms. The smallest absolute Gasteiger partial charge is 0.0777 e. The molecule has 20 heavy (non-hydrogen) atoms. The molecule has 2 heterocycles. The van der Waals surface area contributed by atoms with Crippen LogP contribution >= 0.6 is 0 Å². The molecule has 1 saturated heterocycles. The molecule has 0 aliphatic carbocycles. The van der Waals surface area contributed by atoms with Gasteiger partial charge in [-0.3, -0.25) is 4.68 Å². The molecule has 1 atom stereocenters. The second kappa shape index (κ2) is 7.76. The lowest BCUT2D eigenvalue weighted by Gasteiger charge is -2.13. The second-order valence-corrected chi connectivity index (χ2v) is 5.21. The van der Waals surface area contributed by atoms with E-state index >= 15 is 0 Å². The van der Waals surface area contributed by atoms with Gasteiger partial charge in [0, 0.05) is 38.1 Å². The molecule has 1 aromatic rings. The molecule has 0 saturated carbocycles. The lowest BCUT2D eigenvalue weighted by molar-refractivity contribution is 0.184. The van der Waals surface area contributed by atoms with E-state index in [1.54, 1.807) is 7.11 Å². The van der Waals surface area contributed by atoms with Gasteiger partial charge in [0.05, 0.1) is 24.9 Å². The maximum atomic E-state index is 5.51.